The highest BCUT2D eigenvalue weighted by Crippen LogP contribution is 2.31. The largest absolute Gasteiger partial charge is 0.481 e. The second-order valence-electron chi connectivity index (χ2n) is 4.06. The summed E-state index contributed by atoms with van der Waals surface area (Å²) in [5, 5.41) is 9.78. The fraction of sp³-hybridized carbons (Fsp3) is 0.231. The van der Waals surface area contributed by atoms with Gasteiger partial charge in [0, 0.05) is 20.4 Å². The summed E-state index contributed by atoms with van der Waals surface area (Å²) in [6, 6.07) is 5.93. The summed E-state index contributed by atoms with van der Waals surface area (Å²) >= 11 is 4.79. The Kier molecular flexibility index (Phi) is 3.92. The minimum absolute atomic E-state index is 0.0596. The molecule has 18 heavy (non-hydrogen) atoms. The molecule has 0 aliphatic carbocycles. The molecule has 0 unspecified atom stereocenters. The van der Waals surface area contributed by atoms with E-state index in [4.69, 9.17) is 5.11 Å². The Morgan fingerprint density at radius 2 is 2.11 bits per heavy atom. The maximum absolute atomic E-state index is 10.7. The molecule has 0 saturated heterocycles. The van der Waals surface area contributed by atoms with Crippen LogP contribution in [0.3, 0.4) is 0 Å². The van der Waals surface area contributed by atoms with Crippen LogP contribution >= 0.6 is 27.7 Å². The fourth-order valence-electron chi connectivity index (χ4n) is 1.81. The molecule has 2 aromatic rings. The summed E-state index contributed by atoms with van der Waals surface area (Å²) < 4.78 is 0.982. The van der Waals surface area contributed by atoms with E-state index in [-0.39, 0.29) is 5.75 Å². The molecule has 0 bridgehead atoms. The van der Waals surface area contributed by atoms with Crippen LogP contribution < -0.4 is 0 Å². The standard InChI is InChI=1S/C13H12BrNO2S/c1-7-3-9(14)5-10-11(18-6-12(16)17)4-8(2)15-13(7)10/h3-5H,6H2,1-2H3,(H,16,17). The first kappa shape index (κ1) is 13.4. The van der Waals surface area contributed by atoms with Gasteiger partial charge in [-0.15, -0.1) is 11.8 Å². The lowest BCUT2D eigenvalue weighted by atomic mass is 10.1. The highest BCUT2D eigenvalue weighted by molar-refractivity contribution is 9.10. The van der Waals surface area contributed by atoms with E-state index in [1.54, 1.807) is 0 Å². The number of hydrogen-bond donors (Lipinski definition) is 1. The summed E-state index contributed by atoms with van der Waals surface area (Å²) in [6.07, 6.45) is 0. The molecular weight excluding hydrogens is 314 g/mol. The number of pyridine rings is 1. The van der Waals surface area contributed by atoms with Gasteiger partial charge in [-0.1, -0.05) is 15.9 Å². The number of carboxylic acids is 1. The van der Waals surface area contributed by atoms with Crippen molar-refractivity contribution in [2.75, 3.05) is 5.75 Å². The molecule has 1 aromatic carbocycles. The number of hydrogen-bond acceptors (Lipinski definition) is 3. The van der Waals surface area contributed by atoms with Crippen LogP contribution in [-0.2, 0) is 4.79 Å². The third-order valence-corrected chi connectivity index (χ3v) is 4.01. The Bertz CT molecular complexity index is 628. The minimum Gasteiger partial charge on any atom is -0.481 e. The first-order chi connectivity index (χ1) is 8.47. The number of aromatic nitrogens is 1. The lowest BCUT2D eigenvalue weighted by molar-refractivity contribution is -0.133. The summed E-state index contributed by atoms with van der Waals surface area (Å²) in [5.74, 6) is -0.751. The monoisotopic (exact) mass is 325 g/mol. The Labute approximate surface area is 118 Å². The maximum Gasteiger partial charge on any atom is 0.313 e. The second kappa shape index (κ2) is 5.28. The van der Waals surface area contributed by atoms with Crippen LogP contribution in [0.5, 0.6) is 0 Å². The van der Waals surface area contributed by atoms with E-state index in [9.17, 15) is 4.79 Å². The number of thioether (sulfide) groups is 1. The van der Waals surface area contributed by atoms with Crippen LogP contribution in [-0.4, -0.2) is 21.8 Å². The van der Waals surface area contributed by atoms with E-state index in [1.807, 2.05) is 32.0 Å². The summed E-state index contributed by atoms with van der Waals surface area (Å²) in [6.45, 7) is 3.93. The summed E-state index contributed by atoms with van der Waals surface area (Å²) in [5.41, 5.74) is 2.92. The van der Waals surface area contributed by atoms with Crippen LogP contribution in [0.25, 0.3) is 10.9 Å². The van der Waals surface area contributed by atoms with Gasteiger partial charge in [0.05, 0.1) is 11.3 Å². The van der Waals surface area contributed by atoms with Gasteiger partial charge >= 0.3 is 5.97 Å². The number of carboxylic acid groups (broad SMARTS) is 1. The lowest BCUT2D eigenvalue weighted by Crippen LogP contribution is -1.98. The van der Waals surface area contributed by atoms with Gasteiger partial charge in [0.2, 0.25) is 0 Å². The van der Waals surface area contributed by atoms with Crippen molar-refractivity contribution >= 4 is 44.6 Å². The van der Waals surface area contributed by atoms with Gasteiger partial charge < -0.3 is 5.11 Å². The van der Waals surface area contributed by atoms with E-state index >= 15 is 0 Å². The van der Waals surface area contributed by atoms with Gasteiger partial charge in [0.25, 0.3) is 0 Å². The maximum atomic E-state index is 10.7. The first-order valence-electron chi connectivity index (χ1n) is 5.39. The average molecular weight is 326 g/mol. The van der Waals surface area contributed by atoms with E-state index in [1.165, 1.54) is 11.8 Å². The smallest absolute Gasteiger partial charge is 0.313 e. The number of halogens is 1. The first-order valence-corrected chi connectivity index (χ1v) is 7.17. The van der Waals surface area contributed by atoms with Gasteiger partial charge in [0.15, 0.2) is 0 Å². The predicted molar refractivity (Wildman–Crippen MR) is 77.3 cm³/mol. The molecule has 3 nitrogen and oxygen atoms in total. The van der Waals surface area contributed by atoms with Crippen molar-refractivity contribution in [2.45, 2.75) is 18.7 Å². The zero-order valence-corrected chi connectivity index (χ0v) is 12.4. The molecule has 0 atom stereocenters. The third kappa shape index (κ3) is 2.84. The van der Waals surface area contributed by atoms with Crippen LogP contribution in [0.2, 0.25) is 0 Å². The molecule has 1 N–H and O–H groups in total. The van der Waals surface area contributed by atoms with Crippen molar-refractivity contribution in [1.82, 2.24) is 4.98 Å². The number of fused-ring (bicyclic) bond motifs is 1. The molecule has 2 rings (SSSR count). The van der Waals surface area contributed by atoms with Crippen molar-refractivity contribution in [1.29, 1.82) is 0 Å². The lowest BCUT2D eigenvalue weighted by Gasteiger charge is -2.09. The molecular formula is C13H12BrNO2S. The molecule has 5 heteroatoms. The number of rotatable bonds is 3. The number of aryl methyl sites for hydroxylation is 2. The number of benzene rings is 1. The predicted octanol–water partition coefficient (Wildman–Crippen LogP) is 3.79. The van der Waals surface area contributed by atoms with Crippen LogP contribution in [0.1, 0.15) is 11.3 Å². The van der Waals surface area contributed by atoms with Gasteiger partial charge in [-0.25, -0.2) is 0 Å². The number of aliphatic carboxylic acids is 1. The van der Waals surface area contributed by atoms with Gasteiger partial charge in [0.1, 0.15) is 0 Å². The summed E-state index contributed by atoms with van der Waals surface area (Å²) in [4.78, 5) is 16.2. The molecule has 0 aliphatic rings. The highest BCUT2D eigenvalue weighted by atomic mass is 79.9. The highest BCUT2D eigenvalue weighted by Gasteiger charge is 2.09. The van der Waals surface area contributed by atoms with E-state index in [2.05, 4.69) is 20.9 Å². The molecule has 0 aliphatic heterocycles. The zero-order valence-electron chi connectivity index (χ0n) is 10.0. The Morgan fingerprint density at radius 3 is 2.78 bits per heavy atom. The van der Waals surface area contributed by atoms with E-state index < -0.39 is 5.97 Å². The molecule has 94 valence electrons. The van der Waals surface area contributed by atoms with Gasteiger partial charge in [-0.05, 0) is 37.6 Å². The average Bonchev–Trinajstić information content (AvgIpc) is 2.27. The van der Waals surface area contributed by atoms with Crippen LogP contribution in [0.15, 0.2) is 27.6 Å². The SMILES string of the molecule is Cc1cc(SCC(=O)O)c2cc(Br)cc(C)c2n1. The van der Waals surface area contributed by atoms with Crippen molar-refractivity contribution in [3.05, 3.63) is 33.9 Å². The fourth-order valence-corrected chi connectivity index (χ4v) is 3.22. The van der Waals surface area contributed by atoms with Gasteiger partial charge in [-0.2, -0.15) is 0 Å². The Balaban J connectivity index is 2.60. The molecule has 0 saturated carbocycles. The van der Waals surface area contributed by atoms with Crippen molar-refractivity contribution < 1.29 is 9.90 Å². The number of carbonyl (C=O) groups is 1. The molecule has 0 radical (unpaired) electrons. The number of nitrogens with zero attached hydrogens (tertiary/aromatic N) is 1. The van der Waals surface area contributed by atoms with Crippen molar-refractivity contribution in [3.8, 4) is 0 Å². The molecule has 1 heterocycles. The van der Waals surface area contributed by atoms with Crippen LogP contribution in [0.4, 0.5) is 0 Å². The zero-order chi connectivity index (χ0) is 13.3. The second-order valence-corrected chi connectivity index (χ2v) is 6.00. The van der Waals surface area contributed by atoms with Gasteiger partial charge in [-0.3, -0.25) is 9.78 Å². The Morgan fingerprint density at radius 1 is 1.39 bits per heavy atom. The van der Waals surface area contributed by atoms with E-state index in [0.29, 0.717) is 0 Å². The van der Waals surface area contributed by atoms with Crippen molar-refractivity contribution in [3.63, 3.8) is 0 Å². The quantitative estimate of drug-likeness (QED) is 0.872. The molecule has 0 fully saturated rings. The molecule has 1 aromatic heterocycles. The third-order valence-electron chi connectivity index (χ3n) is 2.51. The molecule has 0 spiro atoms. The van der Waals surface area contributed by atoms with E-state index in [0.717, 1.165) is 31.5 Å². The van der Waals surface area contributed by atoms with Crippen LogP contribution in [0, 0.1) is 13.8 Å². The topological polar surface area (TPSA) is 50.2 Å². The van der Waals surface area contributed by atoms with Crippen molar-refractivity contribution in [2.24, 2.45) is 0 Å². The Hall–Kier alpha value is -1.07. The minimum atomic E-state index is -0.811. The molecule has 0 amide bonds. The summed E-state index contributed by atoms with van der Waals surface area (Å²) in [7, 11) is 0. The normalized spacial score (nSPS) is 10.8.